The average molecular weight is 651 g/mol. The predicted molar refractivity (Wildman–Crippen MR) is 169 cm³/mol. The van der Waals surface area contributed by atoms with Crippen molar-refractivity contribution in [1.82, 2.24) is 10.2 Å². The number of halogens is 3. The maximum Gasteiger partial charge on any atom is 0.264 e. The van der Waals surface area contributed by atoms with Crippen molar-refractivity contribution in [1.29, 1.82) is 0 Å². The Balaban J connectivity index is 1.72. The molecule has 1 fully saturated rings. The van der Waals surface area contributed by atoms with Crippen LogP contribution in [0.1, 0.15) is 51.0 Å². The SMILES string of the molecule is CC[C@@H](C(=O)NC1CCCCC1)N(Cc1ccc(Cl)cc1Cl)C(=O)CN(c1ccccc1Cl)S(=O)(=O)c1ccccc1. The van der Waals surface area contributed by atoms with Gasteiger partial charge in [0, 0.05) is 22.6 Å². The second-order valence-electron chi connectivity index (χ2n) is 10.3. The lowest BCUT2D eigenvalue weighted by molar-refractivity contribution is -0.140. The van der Waals surface area contributed by atoms with Crippen LogP contribution in [-0.4, -0.2) is 43.8 Å². The van der Waals surface area contributed by atoms with Crippen LogP contribution in [0.4, 0.5) is 5.69 Å². The first-order chi connectivity index (χ1) is 20.1. The molecule has 0 spiro atoms. The van der Waals surface area contributed by atoms with Crippen molar-refractivity contribution in [2.24, 2.45) is 0 Å². The minimum atomic E-state index is -4.21. The molecule has 42 heavy (non-hydrogen) atoms. The molecule has 0 heterocycles. The third-order valence-electron chi connectivity index (χ3n) is 7.42. The van der Waals surface area contributed by atoms with Crippen molar-refractivity contribution < 1.29 is 18.0 Å². The predicted octanol–water partition coefficient (Wildman–Crippen LogP) is 7.10. The fraction of sp³-hybridized carbons (Fsp3) is 0.355. The zero-order chi connectivity index (χ0) is 30.3. The summed E-state index contributed by atoms with van der Waals surface area (Å²) in [6, 6.07) is 18.4. The van der Waals surface area contributed by atoms with E-state index in [0.29, 0.717) is 22.0 Å². The van der Waals surface area contributed by atoms with E-state index in [0.717, 1.165) is 36.4 Å². The van der Waals surface area contributed by atoms with Crippen LogP contribution in [0.2, 0.25) is 15.1 Å². The number of anilines is 1. The van der Waals surface area contributed by atoms with E-state index in [-0.39, 0.29) is 34.1 Å². The van der Waals surface area contributed by atoms with E-state index in [1.54, 1.807) is 60.7 Å². The maximum atomic E-state index is 14.2. The smallest absolute Gasteiger partial charge is 0.264 e. The summed E-state index contributed by atoms with van der Waals surface area (Å²) in [5, 5.41) is 4.06. The molecule has 1 N–H and O–H groups in total. The van der Waals surface area contributed by atoms with Crippen molar-refractivity contribution in [3.05, 3.63) is 93.4 Å². The highest BCUT2D eigenvalue weighted by molar-refractivity contribution is 7.92. The van der Waals surface area contributed by atoms with E-state index in [4.69, 9.17) is 34.8 Å². The monoisotopic (exact) mass is 649 g/mol. The van der Waals surface area contributed by atoms with Crippen LogP contribution in [0, 0.1) is 0 Å². The first-order valence-electron chi connectivity index (χ1n) is 14.0. The van der Waals surface area contributed by atoms with Gasteiger partial charge in [0.2, 0.25) is 11.8 Å². The van der Waals surface area contributed by atoms with Crippen molar-refractivity contribution in [3.63, 3.8) is 0 Å². The van der Waals surface area contributed by atoms with Gasteiger partial charge in [-0.15, -0.1) is 0 Å². The molecular formula is C31H34Cl3N3O4S. The fourth-order valence-electron chi connectivity index (χ4n) is 5.18. The van der Waals surface area contributed by atoms with E-state index in [2.05, 4.69) is 5.32 Å². The fourth-order valence-corrected chi connectivity index (χ4v) is 7.39. The second kappa shape index (κ2) is 14.6. The number of amides is 2. The Labute approximate surface area is 262 Å². The summed E-state index contributed by atoms with van der Waals surface area (Å²) < 4.78 is 28.8. The van der Waals surface area contributed by atoms with E-state index < -0.39 is 28.5 Å². The number of benzene rings is 3. The number of hydrogen-bond acceptors (Lipinski definition) is 4. The number of rotatable bonds is 11. The van der Waals surface area contributed by atoms with Crippen LogP contribution in [-0.2, 0) is 26.2 Å². The number of nitrogens with one attached hydrogen (secondary N) is 1. The van der Waals surface area contributed by atoms with E-state index >= 15 is 0 Å². The van der Waals surface area contributed by atoms with Gasteiger partial charge in [-0.2, -0.15) is 0 Å². The summed E-state index contributed by atoms with van der Waals surface area (Å²) in [4.78, 5) is 29.3. The molecule has 11 heteroatoms. The van der Waals surface area contributed by atoms with Crippen molar-refractivity contribution in [2.75, 3.05) is 10.8 Å². The van der Waals surface area contributed by atoms with Gasteiger partial charge in [-0.3, -0.25) is 13.9 Å². The number of nitrogens with zero attached hydrogens (tertiary/aromatic N) is 2. The normalized spacial score (nSPS) is 14.7. The molecule has 1 aliphatic rings. The van der Waals surface area contributed by atoms with E-state index in [1.807, 2.05) is 6.92 Å². The van der Waals surface area contributed by atoms with Crippen LogP contribution in [0.5, 0.6) is 0 Å². The lowest BCUT2D eigenvalue weighted by Gasteiger charge is -2.34. The molecule has 3 aromatic carbocycles. The van der Waals surface area contributed by atoms with Crippen LogP contribution in [0.3, 0.4) is 0 Å². The highest BCUT2D eigenvalue weighted by Crippen LogP contribution is 2.31. The molecule has 1 saturated carbocycles. The summed E-state index contributed by atoms with van der Waals surface area (Å²) in [5.41, 5.74) is 0.731. The quantitative estimate of drug-likeness (QED) is 0.240. The zero-order valence-electron chi connectivity index (χ0n) is 23.3. The molecule has 2 amide bonds. The minimum Gasteiger partial charge on any atom is -0.352 e. The first-order valence-corrected chi connectivity index (χ1v) is 16.5. The molecule has 224 valence electrons. The van der Waals surface area contributed by atoms with Crippen LogP contribution >= 0.6 is 34.8 Å². The van der Waals surface area contributed by atoms with Crippen LogP contribution in [0.15, 0.2) is 77.7 Å². The molecule has 3 aromatic rings. The Morgan fingerprint density at radius 1 is 0.905 bits per heavy atom. The van der Waals surface area contributed by atoms with Crippen molar-refractivity contribution >= 4 is 62.3 Å². The molecule has 0 unspecified atom stereocenters. The number of sulfonamides is 1. The summed E-state index contributed by atoms with van der Waals surface area (Å²) in [7, 11) is -4.21. The standard InChI is InChI=1S/C31H34Cl3N3O4S/c1-2-28(31(39)35-24-11-5-3-6-12-24)36(20-22-17-18-23(32)19-27(22)34)30(38)21-37(29-16-10-9-15-26(29)33)42(40,41)25-13-7-4-8-14-25/h4,7-10,13-19,24,28H,2-3,5-6,11-12,20-21H2,1H3,(H,35,39)/t28-/m0/s1. The highest BCUT2D eigenvalue weighted by Gasteiger charge is 2.35. The minimum absolute atomic E-state index is 0.00657. The third kappa shape index (κ3) is 7.78. The third-order valence-corrected chi connectivity index (χ3v) is 10.1. The van der Waals surface area contributed by atoms with Crippen molar-refractivity contribution in [3.8, 4) is 0 Å². The Morgan fingerprint density at radius 3 is 2.21 bits per heavy atom. The van der Waals surface area contributed by atoms with Crippen LogP contribution < -0.4 is 9.62 Å². The molecular weight excluding hydrogens is 617 g/mol. The molecule has 7 nitrogen and oxygen atoms in total. The molecule has 1 atom stereocenters. The number of hydrogen-bond donors (Lipinski definition) is 1. The van der Waals surface area contributed by atoms with Gasteiger partial charge in [0.05, 0.1) is 15.6 Å². The van der Waals surface area contributed by atoms with Gasteiger partial charge in [-0.25, -0.2) is 8.42 Å². The molecule has 4 rings (SSSR count). The Kier molecular flexibility index (Phi) is 11.2. The van der Waals surface area contributed by atoms with Gasteiger partial charge in [0.1, 0.15) is 12.6 Å². The maximum absolute atomic E-state index is 14.2. The number of carbonyl (C=O) groups excluding carboxylic acids is 2. The Hall–Kier alpha value is -2.78. The first kappa shape index (κ1) is 32.1. The largest absolute Gasteiger partial charge is 0.352 e. The molecule has 0 saturated heterocycles. The summed E-state index contributed by atoms with van der Waals surface area (Å²) in [5.74, 6) is -0.857. The van der Waals surface area contributed by atoms with Crippen LogP contribution in [0.25, 0.3) is 0 Å². The summed E-state index contributed by atoms with van der Waals surface area (Å²) in [6.45, 7) is 1.22. The topological polar surface area (TPSA) is 86.8 Å². The van der Waals surface area contributed by atoms with Gasteiger partial charge >= 0.3 is 0 Å². The van der Waals surface area contributed by atoms with Gasteiger partial charge in [0.25, 0.3) is 10.0 Å². The van der Waals surface area contributed by atoms with Crippen molar-refractivity contribution in [2.45, 2.75) is 69.0 Å². The summed E-state index contributed by atoms with van der Waals surface area (Å²) in [6.07, 6.45) is 5.29. The lowest BCUT2D eigenvalue weighted by atomic mass is 9.95. The Morgan fingerprint density at radius 2 is 1.57 bits per heavy atom. The number of carbonyl (C=O) groups is 2. The molecule has 0 aromatic heterocycles. The summed E-state index contributed by atoms with van der Waals surface area (Å²) >= 11 is 19.1. The lowest BCUT2D eigenvalue weighted by Crippen LogP contribution is -2.54. The second-order valence-corrected chi connectivity index (χ2v) is 13.4. The highest BCUT2D eigenvalue weighted by atomic mass is 35.5. The van der Waals surface area contributed by atoms with Gasteiger partial charge in [-0.1, -0.05) is 97.4 Å². The van der Waals surface area contributed by atoms with Gasteiger partial charge in [-0.05, 0) is 61.2 Å². The molecule has 0 aliphatic heterocycles. The number of para-hydroxylation sites is 1. The van der Waals surface area contributed by atoms with E-state index in [9.17, 15) is 18.0 Å². The zero-order valence-corrected chi connectivity index (χ0v) is 26.4. The average Bonchev–Trinajstić information content (AvgIpc) is 2.98. The Bertz CT molecular complexity index is 1500. The van der Waals surface area contributed by atoms with E-state index in [1.165, 1.54) is 17.0 Å². The molecule has 0 radical (unpaired) electrons. The molecule has 0 bridgehead atoms. The molecule has 1 aliphatic carbocycles. The van der Waals surface area contributed by atoms with Gasteiger partial charge < -0.3 is 10.2 Å². The van der Waals surface area contributed by atoms with Gasteiger partial charge in [0.15, 0.2) is 0 Å².